The Labute approximate surface area is 102 Å². The Morgan fingerprint density at radius 3 is 3.00 bits per heavy atom. The molecule has 0 spiro atoms. The molecule has 94 valence electrons. The molecule has 1 heterocycles. The van der Waals surface area contributed by atoms with E-state index in [9.17, 15) is 4.39 Å². The van der Waals surface area contributed by atoms with Gasteiger partial charge in [-0.25, -0.2) is 4.39 Å². The number of ether oxygens (including phenoxy) is 1. The van der Waals surface area contributed by atoms with Crippen LogP contribution >= 0.6 is 0 Å². The van der Waals surface area contributed by atoms with Crippen molar-refractivity contribution in [2.24, 2.45) is 5.73 Å². The zero-order valence-electron chi connectivity index (χ0n) is 10.1. The molecule has 1 aliphatic heterocycles. The fraction of sp³-hybridized carbons (Fsp3) is 0.571. The number of nitrogens with two attached hydrogens (primary N) is 1. The number of benzene rings is 1. The number of hydrogen-bond donors (Lipinski definition) is 1. The van der Waals surface area contributed by atoms with Gasteiger partial charge < -0.3 is 10.5 Å². The SMILES string of the molecule is NCC(CCC1CCCO1)c1cccc(F)c1. The zero-order valence-corrected chi connectivity index (χ0v) is 10.1. The predicted octanol–water partition coefficient (Wildman–Crippen LogP) is 2.83. The number of rotatable bonds is 5. The molecule has 2 unspecified atom stereocenters. The van der Waals surface area contributed by atoms with E-state index < -0.39 is 0 Å². The standard InChI is InChI=1S/C14H20FNO/c15-13-4-1-3-11(9-13)12(10-16)6-7-14-5-2-8-17-14/h1,3-4,9,12,14H,2,5-8,10,16H2. The Kier molecular flexibility index (Phi) is 4.51. The average Bonchev–Trinajstić information content (AvgIpc) is 2.83. The average molecular weight is 237 g/mol. The first kappa shape index (κ1) is 12.5. The van der Waals surface area contributed by atoms with Crippen LogP contribution in [0.4, 0.5) is 4.39 Å². The summed E-state index contributed by atoms with van der Waals surface area (Å²) in [6.45, 7) is 1.45. The van der Waals surface area contributed by atoms with E-state index in [0.717, 1.165) is 37.9 Å². The summed E-state index contributed by atoms with van der Waals surface area (Å²) in [7, 11) is 0. The van der Waals surface area contributed by atoms with Crippen LogP contribution in [0.5, 0.6) is 0 Å². The minimum Gasteiger partial charge on any atom is -0.378 e. The Morgan fingerprint density at radius 1 is 1.47 bits per heavy atom. The first-order valence-corrected chi connectivity index (χ1v) is 6.36. The highest BCUT2D eigenvalue weighted by Crippen LogP contribution is 2.25. The molecule has 0 bridgehead atoms. The van der Waals surface area contributed by atoms with Crippen molar-refractivity contribution in [1.82, 2.24) is 0 Å². The Hall–Kier alpha value is -0.930. The van der Waals surface area contributed by atoms with E-state index in [1.165, 1.54) is 6.07 Å². The van der Waals surface area contributed by atoms with Crippen LogP contribution in [0.25, 0.3) is 0 Å². The van der Waals surface area contributed by atoms with Crippen molar-refractivity contribution in [1.29, 1.82) is 0 Å². The van der Waals surface area contributed by atoms with Crippen molar-refractivity contribution in [3.05, 3.63) is 35.6 Å². The second kappa shape index (κ2) is 6.12. The van der Waals surface area contributed by atoms with E-state index in [4.69, 9.17) is 10.5 Å². The second-order valence-corrected chi connectivity index (χ2v) is 4.70. The van der Waals surface area contributed by atoms with Gasteiger partial charge >= 0.3 is 0 Å². The third-order valence-electron chi connectivity index (χ3n) is 3.47. The summed E-state index contributed by atoms with van der Waals surface area (Å²) >= 11 is 0. The minimum absolute atomic E-state index is 0.182. The lowest BCUT2D eigenvalue weighted by molar-refractivity contribution is 0.101. The quantitative estimate of drug-likeness (QED) is 0.854. The fourth-order valence-electron chi connectivity index (χ4n) is 2.44. The van der Waals surface area contributed by atoms with Gasteiger partial charge in [-0.3, -0.25) is 0 Å². The summed E-state index contributed by atoms with van der Waals surface area (Å²) in [5.41, 5.74) is 6.78. The van der Waals surface area contributed by atoms with Gasteiger partial charge in [0, 0.05) is 6.61 Å². The highest BCUT2D eigenvalue weighted by Gasteiger charge is 2.18. The summed E-state index contributed by atoms with van der Waals surface area (Å²) < 4.78 is 18.7. The molecule has 2 rings (SSSR count). The molecule has 0 aliphatic carbocycles. The van der Waals surface area contributed by atoms with Gasteiger partial charge in [-0.05, 0) is 55.8 Å². The molecule has 2 nitrogen and oxygen atoms in total. The van der Waals surface area contributed by atoms with Crippen LogP contribution in [0.2, 0.25) is 0 Å². The number of halogens is 1. The molecule has 2 atom stereocenters. The van der Waals surface area contributed by atoms with Crippen molar-refractivity contribution >= 4 is 0 Å². The summed E-state index contributed by atoms with van der Waals surface area (Å²) in [6.07, 6.45) is 4.71. The summed E-state index contributed by atoms with van der Waals surface area (Å²) in [6, 6.07) is 6.76. The highest BCUT2D eigenvalue weighted by molar-refractivity contribution is 5.21. The van der Waals surface area contributed by atoms with E-state index in [-0.39, 0.29) is 11.7 Å². The van der Waals surface area contributed by atoms with Gasteiger partial charge in [0.1, 0.15) is 5.82 Å². The molecule has 0 radical (unpaired) electrons. The van der Waals surface area contributed by atoms with Gasteiger partial charge in [0.25, 0.3) is 0 Å². The van der Waals surface area contributed by atoms with Crippen LogP contribution in [0.3, 0.4) is 0 Å². The smallest absolute Gasteiger partial charge is 0.123 e. The lowest BCUT2D eigenvalue weighted by atomic mass is 9.92. The molecule has 2 N–H and O–H groups in total. The van der Waals surface area contributed by atoms with Crippen LogP contribution in [0, 0.1) is 5.82 Å². The molecular weight excluding hydrogens is 217 g/mol. The van der Waals surface area contributed by atoms with Gasteiger partial charge in [-0.15, -0.1) is 0 Å². The van der Waals surface area contributed by atoms with Gasteiger partial charge in [-0.2, -0.15) is 0 Å². The monoisotopic (exact) mass is 237 g/mol. The number of hydrogen-bond acceptors (Lipinski definition) is 2. The maximum atomic E-state index is 13.1. The van der Waals surface area contributed by atoms with Crippen molar-refractivity contribution in [2.45, 2.75) is 37.7 Å². The van der Waals surface area contributed by atoms with Gasteiger partial charge in [0.2, 0.25) is 0 Å². The first-order chi connectivity index (χ1) is 8.29. The Balaban J connectivity index is 1.91. The van der Waals surface area contributed by atoms with E-state index >= 15 is 0 Å². The third kappa shape index (κ3) is 3.51. The van der Waals surface area contributed by atoms with Crippen molar-refractivity contribution in [3.8, 4) is 0 Å². The fourth-order valence-corrected chi connectivity index (χ4v) is 2.44. The second-order valence-electron chi connectivity index (χ2n) is 4.70. The van der Waals surface area contributed by atoms with E-state index in [1.807, 2.05) is 6.07 Å². The van der Waals surface area contributed by atoms with Crippen LogP contribution in [0.1, 0.15) is 37.2 Å². The van der Waals surface area contributed by atoms with Crippen LogP contribution < -0.4 is 5.73 Å². The van der Waals surface area contributed by atoms with Crippen molar-refractivity contribution in [2.75, 3.05) is 13.2 Å². The maximum Gasteiger partial charge on any atom is 0.123 e. The molecule has 17 heavy (non-hydrogen) atoms. The molecule has 1 aliphatic rings. The van der Waals surface area contributed by atoms with Crippen molar-refractivity contribution in [3.63, 3.8) is 0 Å². The van der Waals surface area contributed by atoms with Gasteiger partial charge in [0.15, 0.2) is 0 Å². The Bertz CT molecular complexity index is 350. The van der Waals surface area contributed by atoms with Crippen LogP contribution in [-0.4, -0.2) is 19.3 Å². The molecule has 0 amide bonds. The largest absolute Gasteiger partial charge is 0.378 e. The molecule has 3 heteroatoms. The lowest BCUT2D eigenvalue weighted by Gasteiger charge is -2.17. The predicted molar refractivity (Wildman–Crippen MR) is 66.4 cm³/mol. The molecule has 1 aromatic carbocycles. The first-order valence-electron chi connectivity index (χ1n) is 6.36. The molecule has 0 saturated carbocycles. The van der Waals surface area contributed by atoms with Crippen molar-refractivity contribution < 1.29 is 9.13 Å². The molecule has 0 aromatic heterocycles. The van der Waals surface area contributed by atoms with Crippen LogP contribution in [-0.2, 0) is 4.74 Å². The molecule has 1 fully saturated rings. The highest BCUT2D eigenvalue weighted by atomic mass is 19.1. The van der Waals surface area contributed by atoms with E-state index in [0.29, 0.717) is 12.6 Å². The summed E-state index contributed by atoms with van der Waals surface area (Å²) in [5.74, 6) is 0.0629. The summed E-state index contributed by atoms with van der Waals surface area (Å²) in [4.78, 5) is 0. The Morgan fingerprint density at radius 2 is 2.35 bits per heavy atom. The lowest BCUT2D eigenvalue weighted by Crippen LogP contribution is -2.15. The van der Waals surface area contributed by atoms with Gasteiger partial charge in [0.05, 0.1) is 6.10 Å². The summed E-state index contributed by atoms with van der Waals surface area (Å²) in [5, 5.41) is 0. The van der Waals surface area contributed by atoms with E-state index in [2.05, 4.69) is 0 Å². The zero-order chi connectivity index (χ0) is 12.1. The minimum atomic E-state index is -0.182. The molecular formula is C14H20FNO. The normalized spacial score (nSPS) is 21.6. The third-order valence-corrected chi connectivity index (χ3v) is 3.47. The molecule has 1 saturated heterocycles. The van der Waals surface area contributed by atoms with Gasteiger partial charge in [-0.1, -0.05) is 12.1 Å². The maximum absolute atomic E-state index is 13.1. The molecule has 1 aromatic rings. The van der Waals surface area contributed by atoms with E-state index in [1.54, 1.807) is 12.1 Å². The van der Waals surface area contributed by atoms with Crippen LogP contribution in [0.15, 0.2) is 24.3 Å². The topological polar surface area (TPSA) is 35.2 Å².